The van der Waals surface area contributed by atoms with Crippen molar-refractivity contribution in [2.45, 2.75) is 26.3 Å². The molecule has 3 rings (SSSR count). The summed E-state index contributed by atoms with van der Waals surface area (Å²) in [5.41, 5.74) is 2.32. The molecule has 6 heteroatoms. The maximum Gasteiger partial charge on any atom is 0.255 e. The Balaban J connectivity index is 1.73. The SMILES string of the molecule is CCCOc1ccc(C(=O)Nc2ccccc2C(=O)NC(C)c2ccccc2)cc1Br. The van der Waals surface area contributed by atoms with Gasteiger partial charge in [0, 0.05) is 5.56 Å². The third-order valence-corrected chi connectivity index (χ3v) is 5.34. The molecule has 0 aliphatic carbocycles. The summed E-state index contributed by atoms with van der Waals surface area (Å²) < 4.78 is 6.34. The molecule has 2 amide bonds. The topological polar surface area (TPSA) is 67.4 Å². The molecule has 0 fully saturated rings. The summed E-state index contributed by atoms with van der Waals surface area (Å²) in [5, 5.41) is 5.84. The van der Waals surface area contributed by atoms with E-state index in [9.17, 15) is 9.59 Å². The summed E-state index contributed by atoms with van der Waals surface area (Å²) in [6.45, 7) is 4.56. The van der Waals surface area contributed by atoms with Crippen molar-refractivity contribution in [3.8, 4) is 5.75 Å². The van der Waals surface area contributed by atoms with Crippen LogP contribution in [0.15, 0.2) is 77.3 Å². The van der Waals surface area contributed by atoms with E-state index < -0.39 is 0 Å². The Morgan fingerprint density at radius 3 is 2.39 bits per heavy atom. The summed E-state index contributed by atoms with van der Waals surface area (Å²) in [5.74, 6) is 0.129. The van der Waals surface area contributed by atoms with Crippen LogP contribution in [0.4, 0.5) is 5.69 Å². The molecule has 0 aliphatic rings. The standard InChI is InChI=1S/C25H25BrN2O3/c1-3-15-31-23-14-13-19(16-21(23)26)24(29)28-22-12-8-7-11-20(22)25(30)27-17(2)18-9-5-4-6-10-18/h4-14,16-17H,3,15H2,1-2H3,(H,27,30)(H,28,29). The highest BCUT2D eigenvalue weighted by atomic mass is 79.9. The number of halogens is 1. The van der Waals surface area contributed by atoms with Gasteiger partial charge in [-0.25, -0.2) is 0 Å². The molecule has 0 heterocycles. The molecule has 0 spiro atoms. The summed E-state index contributed by atoms with van der Waals surface area (Å²) in [4.78, 5) is 25.7. The number of carbonyl (C=O) groups is 2. The largest absolute Gasteiger partial charge is 0.492 e. The molecule has 0 bridgehead atoms. The molecule has 1 atom stereocenters. The van der Waals surface area contributed by atoms with E-state index in [0.717, 1.165) is 12.0 Å². The molecular formula is C25H25BrN2O3. The second-order valence-corrected chi connectivity index (χ2v) is 7.95. The first-order chi connectivity index (χ1) is 15.0. The molecule has 0 saturated heterocycles. The van der Waals surface area contributed by atoms with Crippen LogP contribution in [0.1, 0.15) is 52.6 Å². The summed E-state index contributed by atoms with van der Waals surface area (Å²) >= 11 is 3.45. The number of para-hydroxylation sites is 1. The van der Waals surface area contributed by atoms with Crippen molar-refractivity contribution in [3.05, 3.63) is 94.0 Å². The lowest BCUT2D eigenvalue weighted by Gasteiger charge is -2.16. The predicted molar refractivity (Wildman–Crippen MR) is 127 cm³/mol. The summed E-state index contributed by atoms with van der Waals surface area (Å²) in [6, 6.07) is 21.7. The van der Waals surface area contributed by atoms with Gasteiger partial charge in [-0.3, -0.25) is 9.59 Å². The first-order valence-corrected chi connectivity index (χ1v) is 11.0. The van der Waals surface area contributed by atoms with E-state index >= 15 is 0 Å². The van der Waals surface area contributed by atoms with Gasteiger partial charge in [0.15, 0.2) is 0 Å². The molecular weight excluding hydrogens is 456 g/mol. The predicted octanol–water partition coefficient (Wildman–Crippen LogP) is 5.98. The van der Waals surface area contributed by atoms with Crippen LogP contribution in [0.5, 0.6) is 5.75 Å². The highest BCUT2D eigenvalue weighted by Gasteiger charge is 2.17. The molecule has 0 saturated carbocycles. The van der Waals surface area contributed by atoms with Gasteiger partial charge in [-0.2, -0.15) is 0 Å². The zero-order valence-corrected chi connectivity index (χ0v) is 19.1. The van der Waals surface area contributed by atoms with Crippen LogP contribution in [0.3, 0.4) is 0 Å². The monoisotopic (exact) mass is 480 g/mol. The van der Waals surface area contributed by atoms with Gasteiger partial charge in [0.25, 0.3) is 11.8 Å². The second-order valence-electron chi connectivity index (χ2n) is 7.10. The number of benzene rings is 3. The van der Waals surface area contributed by atoms with E-state index in [1.54, 1.807) is 42.5 Å². The minimum atomic E-state index is -0.306. The van der Waals surface area contributed by atoms with Crippen molar-refractivity contribution in [1.82, 2.24) is 5.32 Å². The Morgan fingerprint density at radius 2 is 1.68 bits per heavy atom. The Bertz CT molecular complexity index is 1050. The lowest BCUT2D eigenvalue weighted by atomic mass is 10.1. The van der Waals surface area contributed by atoms with E-state index in [1.807, 2.05) is 44.2 Å². The average molecular weight is 481 g/mol. The van der Waals surface area contributed by atoms with E-state index in [0.29, 0.717) is 33.6 Å². The Morgan fingerprint density at radius 1 is 0.968 bits per heavy atom. The third kappa shape index (κ3) is 5.95. The number of anilines is 1. The van der Waals surface area contributed by atoms with E-state index in [-0.39, 0.29) is 17.9 Å². The van der Waals surface area contributed by atoms with Crippen LogP contribution in [-0.4, -0.2) is 18.4 Å². The molecule has 0 aliphatic heterocycles. The van der Waals surface area contributed by atoms with Gasteiger partial charge in [0.2, 0.25) is 0 Å². The Kier molecular flexibility index (Phi) is 7.84. The van der Waals surface area contributed by atoms with Crippen molar-refractivity contribution >= 4 is 33.4 Å². The normalized spacial score (nSPS) is 11.5. The smallest absolute Gasteiger partial charge is 0.255 e. The van der Waals surface area contributed by atoms with Crippen LogP contribution in [-0.2, 0) is 0 Å². The fourth-order valence-corrected chi connectivity index (χ4v) is 3.55. The third-order valence-electron chi connectivity index (χ3n) is 4.72. The number of nitrogens with one attached hydrogen (secondary N) is 2. The average Bonchev–Trinajstić information content (AvgIpc) is 2.79. The van der Waals surface area contributed by atoms with Crippen molar-refractivity contribution in [1.29, 1.82) is 0 Å². The molecule has 0 radical (unpaired) electrons. The molecule has 3 aromatic carbocycles. The minimum Gasteiger partial charge on any atom is -0.492 e. The first-order valence-electron chi connectivity index (χ1n) is 10.2. The number of rotatable bonds is 8. The van der Waals surface area contributed by atoms with Crippen LogP contribution in [0, 0.1) is 0 Å². The number of ether oxygens (including phenoxy) is 1. The number of hydrogen-bond acceptors (Lipinski definition) is 3. The van der Waals surface area contributed by atoms with E-state index in [4.69, 9.17) is 4.74 Å². The van der Waals surface area contributed by atoms with Gasteiger partial charge >= 0.3 is 0 Å². The van der Waals surface area contributed by atoms with Crippen LogP contribution >= 0.6 is 15.9 Å². The Labute approximate surface area is 191 Å². The summed E-state index contributed by atoms with van der Waals surface area (Å²) in [6.07, 6.45) is 0.899. The van der Waals surface area contributed by atoms with Gasteiger partial charge in [-0.15, -0.1) is 0 Å². The zero-order valence-electron chi connectivity index (χ0n) is 17.5. The molecule has 1 unspecified atom stereocenters. The zero-order chi connectivity index (χ0) is 22.2. The van der Waals surface area contributed by atoms with Crippen LogP contribution in [0.2, 0.25) is 0 Å². The molecule has 0 aromatic heterocycles. The number of amides is 2. The molecule has 5 nitrogen and oxygen atoms in total. The number of hydrogen-bond donors (Lipinski definition) is 2. The van der Waals surface area contributed by atoms with E-state index in [1.165, 1.54) is 0 Å². The van der Waals surface area contributed by atoms with E-state index in [2.05, 4.69) is 26.6 Å². The highest BCUT2D eigenvalue weighted by molar-refractivity contribution is 9.10. The van der Waals surface area contributed by atoms with Gasteiger partial charge in [-0.05, 0) is 65.2 Å². The quantitative estimate of drug-likeness (QED) is 0.416. The highest BCUT2D eigenvalue weighted by Crippen LogP contribution is 2.27. The molecule has 31 heavy (non-hydrogen) atoms. The van der Waals surface area contributed by atoms with Crippen molar-refractivity contribution < 1.29 is 14.3 Å². The first kappa shape index (κ1) is 22.6. The van der Waals surface area contributed by atoms with Gasteiger partial charge < -0.3 is 15.4 Å². The van der Waals surface area contributed by atoms with Gasteiger partial charge in [-0.1, -0.05) is 49.4 Å². The lowest BCUT2D eigenvalue weighted by molar-refractivity contribution is 0.0940. The Hall–Kier alpha value is -3.12. The maximum absolute atomic E-state index is 12.9. The maximum atomic E-state index is 12.9. The molecule has 160 valence electrons. The lowest BCUT2D eigenvalue weighted by Crippen LogP contribution is -2.28. The second kappa shape index (κ2) is 10.8. The minimum absolute atomic E-state index is 0.163. The summed E-state index contributed by atoms with van der Waals surface area (Å²) in [7, 11) is 0. The fourth-order valence-electron chi connectivity index (χ4n) is 3.06. The van der Waals surface area contributed by atoms with Crippen molar-refractivity contribution in [2.24, 2.45) is 0 Å². The fraction of sp³-hybridized carbons (Fsp3) is 0.200. The van der Waals surface area contributed by atoms with Crippen LogP contribution in [0.25, 0.3) is 0 Å². The van der Waals surface area contributed by atoms with Crippen LogP contribution < -0.4 is 15.4 Å². The number of carbonyl (C=O) groups excluding carboxylic acids is 2. The molecule has 2 N–H and O–H groups in total. The molecule has 3 aromatic rings. The van der Waals surface area contributed by atoms with Crippen molar-refractivity contribution in [3.63, 3.8) is 0 Å². The van der Waals surface area contributed by atoms with Gasteiger partial charge in [0.05, 0.1) is 28.4 Å². The van der Waals surface area contributed by atoms with Gasteiger partial charge in [0.1, 0.15) is 5.75 Å². The van der Waals surface area contributed by atoms with Crippen molar-refractivity contribution in [2.75, 3.05) is 11.9 Å².